The summed E-state index contributed by atoms with van der Waals surface area (Å²) < 4.78 is 0. The van der Waals surface area contributed by atoms with E-state index in [-0.39, 0.29) is 17.2 Å². The lowest BCUT2D eigenvalue weighted by atomic mass is 10.2. The number of thioether (sulfide) groups is 1. The Morgan fingerprint density at radius 1 is 1.48 bits per heavy atom. The Morgan fingerprint density at radius 3 is 3.00 bits per heavy atom. The molecular formula is C15H20N2O3S. The molecule has 1 N–H and O–H groups in total. The lowest BCUT2D eigenvalue weighted by Crippen LogP contribution is -2.36. The molecule has 0 bridgehead atoms. The maximum Gasteiger partial charge on any atom is 0.335 e. The van der Waals surface area contributed by atoms with Gasteiger partial charge >= 0.3 is 5.97 Å². The molecule has 1 atom stereocenters. The van der Waals surface area contributed by atoms with Crippen LogP contribution in [0.2, 0.25) is 0 Å². The van der Waals surface area contributed by atoms with Crippen LogP contribution in [-0.4, -0.2) is 51.0 Å². The number of carboxylic acids is 1. The molecule has 1 amide bonds. The molecule has 5 nitrogen and oxygen atoms in total. The molecule has 6 heteroatoms. The highest BCUT2D eigenvalue weighted by Gasteiger charge is 2.24. The van der Waals surface area contributed by atoms with Crippen LogP contribution in [0.25, 0.3) is 0 Å². The fraction of sp³-hybridized carbons (Fsp3) is 0.533. The molecule has 2 rings (SSSR count). The van der Waals surface area contributed by atoms with Gasteiger partial charge in [-0.15, -0.1) is 0 Å². The fourth-order valence-electron chi connectivity index (χ4n) is 2.50. The molecule has 1 aliphatic rings. The van der Waals surface area contributed by atoms with E-state index >= 15 is 0 Å². The van der Waals surface area contributed by atoms with E-state index in [1.807, 2.05) is 16.7 Å². The molecule has 21 heavy (non-hydrogen) atoms. The van der Waals surface area contributed by atoms with Gasteiger partial charge in [-0.25, -0.2) is 4.79 Å². The van der Waals surface area contributed by atoms with Crippen LogP contribution >= 0.6 is 11.8 Å². The number of amides is 1. The van der Waals surface area contributed by atoms with Gasteiger partial charge in [-0.3, -0.25) is 9.78 Å². The number of carbonyl (C=O) groups is 2. The average Bonchev–Trinajstić information content (AvgIpc) is 2.72. The van der Waals surface area contributed by atoms with Crippen molar-refractivity contribution in [3.05, 3.63) is 29.6 Å². The first kappa shape index (κ1) is 15.8. The van der Waals surface area contributed by atoms with Gasteiger partial charge < -0.3 is 10.0 Å². The number of aromatic nitrogens is 1. The fourth-order valence-corrected chi connectivity index (χ4v) is 3.59. The second-order valence-electron chi connectivity index (χ2n) is 5.06. The third-order valence-corrected chi connectivity index (χ3v) is 4.73. The number of likely N-dealkylation sites (tertiary alicyclic amines) is 1. The Labute approximate surface area is 128 Å². The second-order valence-corrected chi connectivity index (χ2v) is 6.64. The predicted molar refractivity (Wildman–Crippen MR) is 82.9 cm³/mol. The standard InChI is InChI=1S/C15H20N2O3S/c1-2-21-12-5-3-4-8-17(10-12)14(18)13-9-11(15(19)20)6-7-16-13/h6-7,9,12H,2-5,8,10H2,1H3,(H,19,20). The van der Waals surface area contributed by atoms with Crippen LogP contribution in [0.15, 0.2) is 18.3 Å². The SMILES string of the molecule is CCSC1CCCCN(C(=O)c2cc(C(=O)O)ccn2)C1. The van der Waals surface area contributed by atoms with E-state index in [0.717, 1.165) is 38.1 Å². The van der Waals surface area contributed by atoms with Gasteiger partial charge in [0.15, 0.2) is 0 Å². The van der Waals surface area contributed by atoms with Crippen molar-refractivity contribution in [3.8, 4) is 0 Å². The van der Waals surface area contributed by atoms with Crippen LogP contribution in [0.1, 0.15) is 47.0 Å². The molecule has 0 radical (unpaired) electrons. The Kier molecular flexibility index (Phi) is 5.61. The summed E-state index contributed by atoms with van der Waals surface area (Å²) in [7, 11) is 0. The number of hydrogen-bond donors (Lipinski definition) is 1. The zero-order chi connectivity index (χ0) is 15.2. The molecule has 1 saturated heterocycles. The topological polar surface area (TPSA) is 70.5 Å². The van der Waals surface area contributed by atoms with Crippen LogP contribution in [-0.2, 0) is 0 Å². The lowest BCUT2D eigenvalue weighted by molar-refractivity contribution is 0.0696. The highest BCUT2D eigenvalue weighted by Crippen LogP contribution is 2.23. The minimum absolute atomic E-state index is 0.0997. The van der Waals surface area contributed by atoms with Crippen LogP contribution in [0.4, 0.5) is 0 Å². The van der Waals surface area contributed by atoms with Crippen molar-refractivity contribution < 1.29 is 14.7 Å². The van der Waals surface area contributed by atoms with E-state index in [0.29, 0.717) is 5.25 Å². The van der Waals surface area contributed by atoms with Gasteiger partial charge in [-0.2, -0.15) is 11.8 Å². The lowest BCUT2D eigenvalue weighted by Gasteiger charge is -2.23. The first-order valence-corrected chi connectivity index (χ1v) is 8.27. The quantitative estimate of drug-likeness (QED) is 0.925. The molecule has 1 fully saturated rings. The summed E-state index contributed by atoms with van der Waals surface area (Å²) in [5.74, 6) is -0.164. The Balaban J connectivity index is 2.14. The molecule has 0 aromatic carbocycles. The summed E-state index contributed by atoms with van der Waals surface area (Å²) in [6.07, 6.45) is 4.63. The Hall–Kier alpha value is -1.56. The molecule has 0 saturated carbocycles. The summed E-state index contributed by atoms with van der Waals surface area (Å²) in [5.41, 5.74) is 0.319. The smallest absolute Gasteiger partial charge is 0.335 e. The zero-order valence-corrected chi connectivity index (χ0v) is 12.9. The van der Waals surface area contributed by atoms with Crippen molar-refractivity contribution in [1.29, 1.82) is 0 Å². The largest absolute Gasteiger partial charge is 0.478 e. The second kappa shape index (κ2) is 7.45. The molecule has 1 aromatic rings. The van der Waals surface area contributed by atoms with Gasteiger partial charge in [0, 0.05) is 24.5 Å². The molecule has 0 aliphatic carbocycles. The average molecular weight is 308 g/mol. The molecular weight excluding hydrogens is 288 g/mol. The summed E-state index contributed by atoms with van der Waals surface area (Å²) in [6, 6.07) is 2.76. The molecule has 1 aromatic heterocycles. The minimum Gasteiger partial charge on any atom is -0.478 e. The highest BCUT2D eigenvalue weighted by atomic mass is 32.2. The van der Waals surface area contributed by atoms with Crippen molar-refractivity contribution >= 4 is 23.6 Å². The van der Waals surface area contributed by atoms with E-state index in [1.165, 1.54) is 18.3 Å². The normalized spacial score (nSPS) is 19.1. The van der Waals surface area contributed by atoms with E-state index in [1.54, 1.807) is 0 Å². The van der Waals surface area contributed by atoms with E-state index < -0.39 is 5.97 Å². The van der Waals surface area contributed by atoms with Gasteiger partial charge in [0.1, 0.15) is 5.69 Å². The van der Waals surface area contributed by atoms with Crippen LogP contribution in [0, 0.1) is 0 Å². The number of pyridine rings is 1. The monoisotopic (exact) mass is 308 g/mol. The number of hydrogen-bond acceptors (Lipinski definition) is 4. The molecule has 114 valence electrons. The van der Waals surface area contributed by atoms with Crippen LogP contribution in [0.5, 0.6) is 0 Å². The third kappa shape index (κ3) is 4.20. The number of carbonyl (C=O) groups excluding carboxylic acids is 1. The van der Waals surface area contributed by atoms with Gasteiger partial charge in [0.05, 0.1) is 5.56 Å². The van der Waals surface area contributed by atoms with Crippen LogP contribution in [0.3, 0.4) is 0 Å². The zero-order valence-electron chi connectivity index (χ0n) is 12.1. The van der Waals surface area contributed by atoms with Crippen molar-refractivity contribution in [2.24, 2.45) is 0 Å². The maximum absolute atomic E-state index is 12.5. The number of carboxylic acid groups (broad SMARTS) is 1. The number of rotatable bonds is 4. The molecule has 1 aliphatic heterocycles. The third-order valence-electron chi connectivity index (χ3n) is 3.54. The first-order chi connectivity index (χ1) is 10.1. The van der Waals surface area contributed by atoms with E-state index in [2.05, 4.69) is 11.9 Å². The molecule has 2 heterocycles. The number of nitrogens with zero attached hydrogens (tertiary/aromatic N) is 2. The summed E-state index contributed by atoms with van der Waals surface area (Å²) in [6.45, 7) is 3.56. The highest BCUT2D eigenvalue weighted by molar-refractivity contribution is 7.99. The summed E-state index contributed by atoms with van der Waals surface area (Å²) in [5, 5.41) is 9.46. The minimum atomic E-state index is -1.04. The summed E-state index contributed by atoms with van der Waals surface area (Å²) >= 11 is 1.88. The predicted octanol–water partition coefficient (Wildman–Crippen LogP) is 2.53. The molecule has 0 spiro atoms. The van der Waals surface area contributed by atoms with Crippen LogP contribution < -0.4 is 0 Å². The van der Waals surface area contributed by atoms with Crippen molar-refractivity contribution in [2.45, 2.75) is 31.4 Å². The first-order valence-electron chi connectivity index (χ1n) is 7.22. The van der Waals surface area contributed by atoms with Gasteiger partial charge in [-0.05, 0) is 30.7 Å². The summed E-state index contributed by atoms with van der Waals surface area (Å²) in [4.78, 5) is 29.4. The van der Waals surface area contributed by atoms with Gasteiger partial charge in [0.2, 0.25) is 0 Å². The van der Waals surface area contributed by atoms with Crippen molar-refractivity contribution in [1.82, 2.24) is 9.88 Å². The Morgan fingerprint density at radius 2 is 2.29 bits per heavy atom. The van der Waals surface area contributed by atoms with E-state index in [4.69, 9.17) is 5.11 Å². The van der Waals surface area contributed by atoms with Gasteiger partial charge in [-0.1, -0.05) is 13.3 Å². The van der Waals surface area contributed by atoms with Gasteiger partial charge in [0.25, 0.3) is 5.91 Å². The van der Waals surface area contributed by atoms with Crippen molar-refractivity contribution in [2.75, 3.05) is 18.8 Å². The Bertz CT molecular complexity index is 521. The van der Waals surface area contributed by atoms with Crippen molar-refractivity contribution in [3.63, 3.8) is 0 Å². The maximum atomic E-state index is 12.5. The molecule has 1 unspecified atom stereocenters. The van der Waals surface area contributed by atoms with E-state index in [9.17, 15) is 9.59 Å². The number of aromatic carboxylic acids is 1.